The first kappa shape index (κ1) is 16.4. The van der Waals surface area contributed by atoms with E-state index in [1.165, 1.54) is 10.9 Å². The number of benzene rings is 1. The summed E-state index contributed by atoms with van der Waals surface area (Å²) in [6.07, 6.45) is 3.59. The summed E-state index contributed by atoms with van der Waals surface area (Å²) in [5, 5.41) is 2.01. The van der Waals surface area contributed by atoms with Gasteiger partial charge in [0.05, 0.1) is 6.26 Å². The van der Waals surface area contributed by atoms with E-state index in [4.69, 9.17) is 21.8 Å². The summed E-state index contributed by atoms with van der Waals surface area (Å²) in [5.74, 6) is 0. The normalized spacial score (nSPS) is 12.5. The van der Waals surface area contributed by atoms with Crippen molar-refractivity contribution < 1.29 is 4.42 Å². The Morgan fingerprint density at radius 2 is 1.95 bits per heavy atom. The largest absolute Gasteiger partial charge is 0.464 e. The number of hydrogen-bond acceptors (Lipinski definition) is 2. The maximum Gasteiger partial charge on any atom is 0.138 e. The minimum absolute atomic E-state index is 0. The Labute approximate surface area is 125 Å². The van der Waals surface area contributed by atoms with Crippen molar-refractivity contribution in [3.8, 4) is 0 Å². The standard InChI is InChI=1S/C15H20ClNO.ClH/c1-5-11-7-18-15-12(6-8(2)17)9(3)14(16)10(4)13(11)15;/h7-8H,5-6,17H2,1-4H3;1H. The fraction of sp³-hybridized carbons (Fsp3) is 0.467. The van der Waals surface area contributed by atoms with E-state index in [0.717, 1.165) is 40.1 Å². The molecule has 0 saturated heterocycles. The summed E-state index contributed by atoms with van der Waals surface area (Å²) in [6, 6.07) is 0.0980. The summed E-state index contributed by atoms with van der Waals surface area (Å²) in [4.78, 5) is 0. The van der Waals surface area contributed by atoms with Crippen LogP contribution in [0.2, 0.25) is 5.02 Å². The van der Waals surface area contributed by atoms with Gasteiger partial charge in [-0.2, -0.15) is 0 Å². The highest BCUT2D eigenvalue weighted by Crippen LogP contribution is 2.36. The summed E-state index contributed by atoms with van der Waals surface area (Å²) < 4.78 is 5.77. The molecule has 0 radical (unpaired) electrons. The molecular weight excluding hydrogens is 281 g/mol. The van der Waals surface area contributed by atoms with Crippen LogP contribution in [0.4, 0.5) is 0 Å². The van der Waals surface area contributed by atoms with E-state index in [-0.39, 0.29) is 18.4 Å². The Morgan fingerprint density at radius 3 is 2.47 bits per heavy atom. The lowest BCUT2D eigenvalue weighted by molar-refractivity contribution is 0.601. The van der Waals surface area contributed by atoms with Gasteiger partial charge in [-0.25, -0.2) is 0 Å². The van der Waals surface area contributed by atoms with Crippen molar-refractivity contribution in [3.63, 3.8) is 0 Å². The summed E-state index contributed by atoms with van der Waals surface area (Å²) >= 11 is 6.45. The molecule has 0 aliphatic heterocycles. The predicted octanol–water partition coefficient (Wildman–Crippen LogP) is 4.58. The van der Waals surface area contributed by atoms with Crippen molar-refractivity contribution >= 4 is 35.0 Å². The van der Waals surface area contributed by atoms with Gasteiger partial charge in [0, 0.05) is 22.0 Å². The molecule has 1 atom stereocenters. The molecule has 0 bridgehead atoms. The van der Waals surface area contributed by atoms with Crippen LogP contribution < -0.4 is 5.73 Å². The van der Waals surface area contributed by atoms with Crippen LogP contribution in [0, 0.1) is 13.8 Å². The van der Waals surface area contributed by atoms with Crippen molar-refractivity contribution in [1.29, 1.82) is 0 Å². The highest BCUT2D eigenvalue weighted by Gasteiger charge is 2.19. The summed E-state index contributed by atoms with van der Waals surface area (Å²) in [6.45, 7) is 8.23. The van der Waals surface area contributed by atoms with Gasteiger partial charge in [0.1, 0.15) is 5.58 Å². The zero-order chi connectivity index (χ0) is 13.4. The van der Waals surface area contributed by atoms with Gasteiger partial charge in [-0.1, -0.05) is 18.5 Å². The first-order valence-electron chi connectivity index (χ1n) is 6.40. The highest BCUT2D eigenvalue weighted by molar-refractivity contribution is 6.33. The third-order valence-corrected chi connectivity index (χ3v) is 4.10. The zero-order valence-electron chi connectivity index (χ0n) is 11.8. The van der Waals surface area contributed by atoms with Gasteiger partial charge in [0.2, 0.25) is 0 Å². The second kappa shape index (κ2) is 6.17. The average Bonchev–Trinajstić information content (AvgIpc) is 2.75. The molecule has 1 unspecified atom stereocenters. The number of rotatable bonds is 3. The first-order chi connectivity index (χ1) is 8.47. The van der Waals surface area contributed by atoms with Crippen LogP contribution in [0.5, 0.6) is 0 Å². The van der Waals surface area contributed by atoms with E-state index in [9.17, 15) is 0 Å². The Bertz CT molecular complexity index is 588. The molecule has 0 aliphatic rings. The molecule has 19 heavy (non-hydrogen) atoms. The van der Waals surface area contributed by atoms with Crippen molar-refractivity contribution in [3.05, 3.63) is 33.5 Å². The fourth-order valence-corrected chi connectivity index (χ4v) is 2.76. The maximum absolute atomic E-state index is 6.45. The van der Waals surface area contributed by atoms with Gasteiger partial charge >= 0.3 is 0 Å². The van der Waals surface area contributed by atoms with Crippen LogP contribution in [-0.4, -0.2) is 6.04 Å². The van der Waals surface area contributed by atoms with Crippen LogP contribution in [0.25, 0.3) is 11.0 Å². The van der Waals surface area contributed by atoms with Gasteiger partial charge in [-0.05, 0) is 50.3 Å². The second-order valence-corrected chi connectivity index (χ2v) is 5.42. The number of fused-ring (bicyclic) bond motifs is 1. The smallest absolute Gasteiger partial charge is 0.138 e. The molecule has 0 amide bonds. The summed E-state index contributed by atoms with van der Waals surface area (Å²) in [7, 11) is 0. The molecule has 106 valence electrons. The van der Waals surface area contributed by atoms with E-state index in [1.54, 1.807) is 0 Å². The van der Waals surface area contributed by atoms with Crippen LogP contribution >= 0.6 is 24.0 Å². The molecule has 1 aromatic carbocycles. The summed E-state index contributed by atoms with van der Waals surface area (Å²) in [5.41, 5.74) is 11.5. The molecule has 2 aromatic rings. The van der Waals surface area contributed by atoms with Gasteiger partial charge in [0.15, 0.2) is 0 Å². The van der Waals surface area contributed by atoms with E-state index in [0.29, 0.717) is 0 Å². The minimum atomic E-state index is 0. The van der Waals surface area contributed by atoms with Crippen LogP contribution in [0.15, 0.2) is 10.7 Å². The molecule has 2 rings (SSSR count). The van der Waals surface area contributed by atoms with Crippen LogP contribution in [-0.2, 0) is 12.8 Å². The minimum Gasteiger partial charge on any atom is -0.464 e. The number of aryl methyl sites for hydroxylation is 2. The molecule has 0 saturated carbocycles. The Morgan fingerprint density at radius 1 is 1.32 bits per heavy atom. The number of nitrogens with two attached hydrogens (primary N) is 1. The molecule has 0 aliphatic carbocycles. The molecule has 1 heterocycles. The van der Waals surface area contributed by atoms with Gasteiger partial charge in [-0.15, -0.1) is 12.4 Å². The molecule has 4 heteroatoms. The van der Waals surface area contributed by atoms with Gasteiger partial charge in [-0.3, -0.25) is 0 Å². The second-order valence-electron chi connectivity index (χ2n) is 5.04. The van der Waals surface area contributed by atoms with Crippen LogP contribution in [0.3, 0.4) is 0 Å². The Balaban J connectivity index is 0.00000180. The zero-order valence-corrected chi connectivity index (χ0v) is 13.4. The Hall–Kier alpha value is -0.700. The maximum atomic E-state index is 6.45. The average molecular weight is 302 g/mol. The van der Waals surface area contributed by atoms with E-state index in [1.807, 2.05) is 20.1 Å². The lowest BCUT2D eigenvalue weighted by Gasteiger charge is -2.14. The molecule has 2 N–H and O–H groups in total. The lowest BCUT2D eigenvalue weighted by Crippen LogP contribution is -2.18. The Kier molecular flexibility index (Phi) is 5.31. The van der Waals surface area contributed by atoms with E-state index < -0.39 is 0 Å². The number of halogens is 2. The highest BCUT2D eigenvalue weighted by atomic mass is 35.5. The lowest BCUT2D eigenvalue weighted by atomic mass is 9.95. The van der Waals surface area contributed by atoms with Crippen molar-refractivity contribution in [2.24, 2.45) is 5.73 Å². The quantitative estimate of drug-likeness (QED) is 0.901. The SMILES string of the molecule is CCc1coc2c(CC(C)N)c(C)c(Cl)c(C)c12.Cl. The van der Waals surface area contributed by atoms with Gasteiger partial charge < -0.3 is 10.2 Å². The first-order valence-corrected chi connectivity index (χ1v) is 6.78. The topological polar surface area (TPSA) is 39.2 Å². The molecule has 0 fully saturated rings. The molecular formula is C15H21Cl2NO. The third-order valence-electron chi connectivity index (χ3n) is 3.53. The van der Waals surface area contributed by atoms with Crippen LogP contribution in [0.1, 0.15) is 36.1 Å². The van der Waals surface area contributed by atoms with Crippen molar-refractivity contribution in [2.45, 2.75) is 46.6 Å². The van der Waals surface area contributed by atoms with E-state index >= 15 is 0 Å². The molecule has 0 spiro atoms. The predicted molar refractivity (Wildman–Crippen MR) is 84.7 cm³/mol. The van der Waals surface area contributed by atoms with Crippen molar-refractivity contribution in [2.75, 3.05) is 0 Å². The third kappa shape index (κ3) is 2.76. The van der Waals surface area contributed by atoms with Gasteiger partial charge in [0.25, 0.3) is 0 Å². The molecule has 1 aromatic heterocycles. The number of hydrogen-bond donors (Lipinski definition) is 1. The van der Waals surface area contributed by atoms with E-state index in [2.05, 4.69) is 13.8 Å². The number of furan rings is 1. The monoisotopic (exact) mass is 301 g/mol. The van der Waals surface area contributed by atoms with Crippen molar-refractivity contribution in [1.82, 2.24) is 0 Å². The molecule has 2 nitrogen and oxygen atoms in total. The fourth-order valence-electron chi connectivity index (χ4n) is 2.55.